The lowest BCUT2D eigenvalue weighted by Crippen LogP contribution is -2.34. The first kappa shape index (κ1) is 11.4. The summed E-state index contributed by atoms with van der Waals surface area (Å²) in [6.07, 6.45) is 0. The summed E-state index contributed by atoms with van der Waals surface area (Å²) in [5.74, 6) is -0.499. The summed E-state index contributed by atoms with van der Waals surface area (Å²) in [6.45, 7) is 5.40. The number of carbonyl (C=O) groups excluding carboxylic acids is 1. The quantitative estimate of drug-likeness (QED) is 0.686. The first-order chi connectivity index (χ1) is 6.88. The standard InChI is InChI=1S/C9H13N3O3/c1-9(2,3)15-12-8(14)6-4-5-7(13)11-10-6/h4-5H,1-3H3,(H,11,13)(H,12,14). The molecule has 0 atom stereocenters. The molecule has 0 radical (unpaired) electrons. The van der Waals surface area contributed by atoms with E-state index >= 15 is 0 Å². The van der Waals surface area contributed by atoms with Crippen molar-refractivity contribution in [3.63, 3.8) is 0 Å². The first-order valence-corrected chi connectivity index (χ1v) is 4.42. The van der Waals surface area contributed by atoms with E-state index in [-0.39, 0.29) is 11.3 Å². The van der Waals surface area contributed by atoms with Crippen molar-refractivity contribution >= 4 is 5.91 Å². The van der Waals surface area contributed by atoms with Crippen LogP contribution in [-0.2, 0) is 4.84 Å². The number of aromatic amines is 1. The van der Waals surface area contributed by atoms with Crippen LogP contribution in [0.25, 0.3) is 0 Å². The molecule has 0 unspecified atom stereocenters. The average Bonchev–Trinajstić information content (AvgIpc) is 2.14. The van der Waals surface area contributed by atoms with Gasteiger partial charge in [0.15, 0.2) is 5.69 Å². The Labute approximate surface area is 86.6 Å². The lowest BCUT2D eigenvalue weighted by atomic mass is 10.2. The van der Waals surface area contributed by atoms with E-state index in [1.54, 1.807) is 20.8 Å². The van der Waals surface area contributed by atoms with E-state index in [2.05, 4.69) is 15.7 Å². The Morgan fingerprint density at radius 3 is 2.60 bits per heavy atom. The summed E-state index contributed by atoms with van der Waals surface area (Å²) in [4.78, 5) is 27.1. The number of hydrogen-bond acceptors (Lipinski definition) is 4. The Balaban J connectivity index is 2.62. The number of rotatable bonds is 2. The minimum atomic E-state index is -0.499. The number of hydroxylamine groups is 1. The van der Waals surface area contributed by atoms with Gasteiger partial charge in [-0.05, 0) is 26.8 Å². The monoisotopic (exact) mass is 211 g/mol. The van der Waals surface area contributed by atoms with Crippen molar-refractivity contribution in [2.75, 3.05) is 0 Å². The molecular weight excluding hydrogens is 198 g/mol. The molecule has 0 aromatic carbocycles. The maximum Gasteiger partial charge on any atom is 0.295 e. The maximum atomic E-state index is 11.4. The lowest BCUT2D eigenvalue weighted by molar-refractivity contribution is -0.0591. The Bertz CT molecular complexity index is 385. The highest BCUT2D eigenvalue weighted by Gasteiger charge is 2.14. The average molecular weight is 211 g/mol. The normalized spacial score (nSPS) is 11.1. The van der Waals surface area contributed by atoms with Crippen molar-refractivity contribution in [3.8, 4) is 0 Å². The Morgan fingerprint density at radius 2 is 2.13 bits per heavy atom. The molecule has 1 amide bonds. The van der Waals surface area contributed by atoms with E-state index in [1.165, 1.54) is 12.1 Å². The van der Waals surface area contributed by atoms with Crippen LogP contribution in [0.2, 0.25) is 0 Å². The van der Waals surface area contributed by atoms with Gasteiger partial charge < -0.3 is 0 Å². The van der Waals surface area contributed by atoms with Crippen LogP contribution in [0.4, 0.5) is 0 Å². The molecule has 0 spiro atoms. The van der Waals surface area contributed by atoms with Crippen LogP contribution in [-0.4, -0.2) is 21.7 Å². The summed E-state index contributed by atoms with van der Waals surface area (Å²) in [5.41, 5.74) is 1.50. The van der Waals surface area contributed by atoms with Crippen LogP contribution < -0.4 is 11.0 Å². The molecule has 1 heterocycles. The number of nitrogens with zero attached hydrogens (tertiary/aromatic N) is 1. The van der Waals surface area contributed by atoms with Gasteiger partial charge in [0.1, 0.15) is 0 Å². The van der Waals surface area contributed by atoms with Crippen LogP contribution >= 0.6 is 0 Å². The molecule has 0 saturated carbocycles. The van der Waals surface area contributed by atoms with Crippen molar-refractivity contribution in [1.29, 1.82) is 0 Å². The Kier molecular flexibility index (Phi) is 3.21. The van der Waals surface area contributed by atoms with E-state index in [9.17, 15) is 9.59 Å². The lowest BCUT2D eigenvalue weighted by Gasteiger charge is -2.18. The van der Waals surface area contributed by atoms with Gasteiger partial charge in [-0.3, -0.25) is 14.4 Å². The van der Waals surface area contributed by atoms with Crippen LogP contribution in [0, 0.1) is 0 Å². The summed E-state index contributed by atoms with van der Waals surface area (Å²) >= 11 is 0. The van der Waals surface area contributed by atoms with Crippen molar-refractivity contribution in [2.45, 2.75) is 26.4 Å². The zero-order valence-electron chi connectivity index (χ0n) is 8.83. The SMILES string of the molecule is CC(C)(C)ONC(=O)c1ccc(=O)[nH]n1. The molecule has 0 aliphatic rings. The van der Waals surface area contributed by atoms with Crippen LogP contribution in [0.15, 0.2) is 16.9 Å². The van der Waals surface area contributed by atoms with Gasteiger partial charge in [0, 0.05) is 6.07 Å². The minimum Gasteiger partial charge on any atom is -0.268 e. The fourth-order valence-electron chi connectivity index (χ4n) is 0.723. The van der Waals surface area contributed by atoms with Gasteiger partial charge in [-0.25, -0.2) is 10.6 Å². The largest absolute Gasteiger partial charge is 0.295 e. The molecule has 6 nitrogen and oxygen atoms in total. The van der Waals surface area contributed by atoms with Gasteiger partial charge in [0.2, 0.25) is 0 Å². The van der Waals surface area contributed by atoms with Gasteiger partial charge in [-0.2, -0.15) is 5.10 Å². The van der Waals surface area contributed by atoms with Crippen molar-refractivity contribution in [2.24, 2.45) is 0 Å². The van der Waals surface area contributed by atoms with Crippen LogP contribution in [0.3, 0.4) is 0 Å². The Morgan fingerprint density at radius 1 is 1.47 bits per heavy atom. The molecule has 0 fully saturated rings. The number of amides is 1. The van der Waals surface area contributed by atoms with E-state index in [0.717, 1.165) is 0 Å². The van der Waals surface area contributed by atoms with Crippen LogP contribution in [0.1, 0.15) is 31.3 Å². The highest BCUT2D eigenvalue weighted by molar-refractivity contribution is 5.91. The smallest absolute Gasteiger partial charge is 0.268 e. The summed E-state index contributed by atoms with van der Waals surface area (Å²) in [5, 5.41) is 5.71. The van der Waals surface area contributed by atoms with Gasteiger partial charge in [-0.1, -0.05) is 0 Å². The number of aromatic nitrogens is 2. The molecule has 2 N–H and O–H groups in total. The highest BCUT2D eigenvalue weighted by atomic mass is 16.7. The third-order valence-electron chi connectivity index (χ3n) is 1.36. The molecule has 0 saturated heterocycles. The van der Waals surface area contributed by atoms with Crippen molar-refractivity contribution in [3.05, 3.63) is 28.2 Å². The summed E-state index contributed by atoms with van der Waals surface area (Å²) in [7, 11) is 0. The third kappa shape index (κ3) is 3.90. The number of carbonyl (C=O) groups is 1. The van der Waals surface area contributed by atoms with Gasteiger partial charge in [0.05, 0.1) is 5.60 Å². The molecule has 6 heteroatoms. The fourth-order valence-corrected chi connectivity index (χ4v) is 0.723. The predicted molar refractivity (Wildman–Crippen MR) is 53.2 cm³/mol. The molecule has 0 bridgehead atoms. The van der Waals surface area contributed by atoms with E-state index in [1.807, 2.05) is 0 Å². The second-order valence-electron chi connectivity index (χ2n) is 3.95. The summed E-state index contributed by atoms with van der Waals surface area (Å²) < 4.78 is 0. The highest BCUT2D eigenvalue weighted by Crippen LogP contribution is 2.03. The molecule has 82 valence electrons. The summed E-state index contributed by atoms with van der Waals surface area (Å²) in [6, 6.07) is 2.54. The third-order valence-corrected chi connectivity index (χ3v) is 1.36. The first-order valence-electron chi connectivity index (χ1n) is 4.42. The van der Waals surface area contributed by atoms with Gasteiger partial charge in [0.25, 0.3) is 11.5 Å². The van der Waals surface area contributed by atoms with Crippen LogP contribution in [0.5, 0.6) is 0 Å². The molecule has 0 aliphatic heterocycles. The predicted octanol–water partition coefficient (Wildman–Crippen LogP) is 0.230. The van der Waals surface area contributed by atoms with Gasteiger partial charge in [-0.15, -0.1) is 0 Å². The molecule has 1 rings (SSSR count). The fraction of sp³-hybridized carbons (Fsp3) is 0.444. The topological polar surface area (TPSA) is 84.1 Å². The van der Waals surface area contributed by atoms with Gasteiger partial charge >= 0.3 is 0 Å². The molecule has 0 aliphatic carbocycles. The molecule has 15 heavy (non-hydrogen) atoms. The number of H-pyrrole nitrogens is 1. The van der Waals surface area contributed by atoms with E-state index in [0.29, 0.717) is 0 Å². The zero-order valence-corrected chi connectivity index (χ0v) is 8.83. The van der Waals surface area contributed by atoms with E-state index in [4.69, 9.17) is 4.84 Å². The molecule has 1 aromatic heterocycles. The molecular formula is C9H13N3O3. The molecule has 1 aromatic rings. The second-order valence-corrected chi connectivity index (χ2v) is 3.95. The Hall–Kier alpha value is -1.69. The number of hydrogen-bond donors (Lipinski definition) is 2. The second kappa shape index (κ2) is 4.22. The number of nitrogens with one attached hydrogen (secondary N) is 2. The zero-order chi connectivity index (χ0) is 11.5. The maximum absolute atomic E-state index is 11.4. The van der Waals surface area contributed by atoms with Crippen molar-refractivity contribution < 1.29 is 9.63 Å². The minimum absolute atomic E-state index is 0.0962. The van der Waals surface area contributed by atoms with Crippen molar-refractivity contribution in [1.82, 2.24) is 15.7 Å². The van der Waals surface area contributed by atoms with E-state index < -0.39 is 11.5 Å².